The van der Waals surface area contributed by atoms with Crippen molar-refractivity contribution in [3.63, 3.8) is 0 Å². The fourth-order valence-corrected chi connectivity index (χ4v) is 1.73. The number of fused-ring (bicyclic) bond motifs is 1. The molecular weight excluding hydrogens is 202 g/mol. The first-order valence-corrected chi connectivity index (χ1v) is 5.02. The summed E-state index contributed by atoms with van der Waals surface area (Å²) < 4.78 is 6.59. The van der Waals surface area contributed by atoms with Gasteiger partial charge in [-0.15, -0.1) is 0 Å². The van der Waals surface area contributed by atoms with E-state index in [1.807, 2.05) is 42.1 Å². The second kappa shape index (κ2) is 4.23. The maximum atomic E-state index is 11.0. The maximum Gasteiger partial charge on any atom is 0.330 e. The van der Waals surface area contributed by atoms with Crippen LogP contribution in [0.2, 0.25) is 0 Å². The highest BCUT2D eigenvalue weighted by molar-refractivity contribution is 5.94. The van der Waals surface area contributed by atoms with Gasteiger partial charge in [0.05, 0.1) is 7.11 Å². The highest BCUT2D eigenvalue weighted by Gasteiger charge is 2.03. The third kappa shape index (κ3) is 1.84. The largest absolute Gasteiger partial charge is 0.466 e. The number of esters is 1. The predicted octanol–water partition coefficient (Wildman–Crippen LogP) is 2.36. The third-order valence-electron chi connectivity index (χ3n) is 2.53. The molecule has 3 heteroatoms. The minimum absolute atomic E-state index is 0.340. The van der Waals surface area contributed by atoms with Gasteiger partial charge < -0.3 is 9.30 Å². The highest BCUT2D eigenvalue weighted by Crippen LogP contribution is 2.21. The zero-order valence-electron chi connectivity index (χ0n) is 9.31. The van der Waals surface area contributed by atoms with Crippen LogP contribution in [-0.4, -0.2) is 17.6 Å². The van der Waals surface area contributed by atoms with E-state index in [1.165, 1.54) is 13.2 Å². The molecule has 0 bridgehead atoms. The molecule has 2 rings (SSSR count). The molecule has 0 spiro atoms. The van der Waals surface area contributed by atoms with E-state index < -0.39 is 0 Å². The minimum Gasteiger partial charge on any atom is -0.466 e. The Morgan fingerprint density at radius 1 is 1.38 bits per heavy atom. The molecule has 0 unspecified atom stereocenters. The zero-order valence-corrected chi connectivity index (χ0v) is 9.31. The van der Waals surface area contributed by atoms with E-state index in [2.05, 4.69) is 4.74 Å². The van der Waals surface area contributed by atoms with Gasteiger partial charge in [0.1, 0.15) is 0 Å². The lowest BCUT2D eigenvalue weighted by Gasteiger charge is -1.93. The van der Waals surface area contributed by atoms with Gasteiger partial charge in [0, 0.05) is 35.8 Å². The van der Waals surface area contributed by atoms with Gasteiger partial charge in [-0.3, -0.25) is 0 Å². The summed E-state index contributed by atoms with van der Waals surface area (Å²) in [6.45, 7) is 0. The van der Waals surface area contributed by atoms with Crippen LogP contribution in [0.5, 0.6) is 0 Å². The number of methoxy groups -OCH3 is 1. The summed E-state index contributed by atoms with van der Waals surface area (Å²) in [6, 6.07) is 8.06. The number of aromatic nitrogens is 1. The van der Waals surface area contributed by atoms with E-state index >= 15 is 0 Å². The van der Waals surface area contributed by atoms with Gasteiger partial charge >= 0.3 is 5.97 Å². The van der Waals surface area contributed by atoms with E-state index in [0.29, 0.717) is 0 Å². The van der Waals surface area contributed by atoms with Crippen LogP contribution in [0.1, 0.15) is 5.56 Å². The van der Waals surface area contributed by atoms with Crippen molar-refractivity contribution in [1.82, 2.24) is 4.57 Å². The topological polar surface area (TPSA) is 31.2 Å². The molecule has 0 aliphatic carbocycles. The van der Waals surface area contributed by atoms with Crippen molar-refractivity contribution in [2.45, 2.75) is 0 Å². The van der Waals surface area contributed by atoms with Crippen molar-refractivity contribution >= 4 is 22.9 Å². The number of hydrogen-bond donors (Lipinski definition) is 0. The summed E-state index contributed by atoms with van der Waals surface area (Å²) in [7, 11) is 3.35. The van der Waals surface area contributed by atoms with Gasteiger partial charge in [0.25, 0.3) is 0 Å². The molecule has 0 N–H and O–H groups in total. The Bertz CT molecular complexity index is 552. The first-order valence-electron chi connectivity index (χ1n) is 5.02. The number of hydrogen-bond acceptors (Lipinski definition) is 2. The molecule has 0 fully saturated rings. The summed E-state index contributed by atoms with van der Waals surface area (Å²) >= 11 is 0. The molecule has 0 atom stereocenters. The van der Waals surface area contributed by atoms with Gasteiger partial charge in [-0.1, -0.05) is 18.2 Å². The maximum absolute atomic E-state index is 11.0. The van der Waals surface area contributed by atoms with Crippen molar-refractivity contribution in [3.8, 4) is 0 Å². The van der Waals surface area contributed by atoms with E-state index in [4.69, 9.17) is 0 Å². The van der Waals surface area contributed by atoms with Crippen LogP contribution < -0.4 is 0 Å². The fourth-order valence-electron chi connectivity index (χ4n) is 1.73. The molecule has 82 valence electrons. The normalized spacial score (nSPS) is 11.1. The van der Waals surface area contributed by atoms with E-state index in [9.17, 15) is 4.79 Å². The lowest BCUT2D eigenvalue weighted by Crippen LogP contribution is -1.92. The first kappa shape index (κ1) is 10.5. The third-order valence-corrected chi connectivity index (χ3v) is 2.53. The molecule has 3 nitrogen and oxygen atoms in total. The quantitative estimate of drug-likeness (QED) is 0.569. The molecule has 1 aromatic carbocycles. The van der Waals surface area contributed by atoms with Crippen LogP contribution in [0.25, 0.3) is 17.0 Å². The van der Waals surface area contributed by atoms with Crippen molar-refractivity contribution < 1.29 is 9.53 Å². The van der Waals surface area contributed by atoms with E-state index in [1.54, 1.807) is 6.08 Å². The van der Waals surface area contributed by atoms with Gasteiger partial charge in [-0.25, -0.2) is 4.79 Å². The Hall–Kier alpha value is -2.03. The van der Waals surface area contributed by atoms with Gasteiger partial charge in [0.2, 0.25) is 0 Å². The van der Waals surface area contributed by atoms with Crippen molar-refractivity contribution in [3.05, 3.63) is 42.1 Å². The SMILES string of the molecule is COC(=O)/C=C/c1cn(C)c2ccccc12. The zero-order chi connectivity index (χ0) is 11.5. The summed E-state index contributed by atoms with van der Waals surface area (Å²) in [5.74, 6) is -0.340. The van der Waals surface area contributed by atoms with E-state index in [-0.39, 0.29) is 5.97 Å². The Labute approximate surface area is 93.9 Å². The minimum atomic E-state index is -0.340. The summed E-state index contributed by atoms with van der Waals surface area (Å²) in [5.41, 5.74) is 2.16. The molecule has 1 aromatic heterocycles. The summed E-state index contributed by atoms with van der Waals surface area (Å²) in [5, 5.41) is 1.13. The number of aryl methyl sites for hydroxylation is 1. The fraction of sp³-hybridized carbons (Fsp3) is 0.154. The predicted molar refractivity (Wildman–Crippen MR) is 64.0 cm³/mol. The molecule has 0 aliphatic rings. The smallest absolute Gasteiger partial charge is 0.330 e. The summed E-state index contributed by atoms with van der Waals surface area (Å²) in [6.07, 6.45) is 5.19. The van der Waals surface area contributed by atoms with Crippen molar-refractivity contribution in [2.75, 3.05) is 7.11 Å². The standard InChI is InChI=1S/C13H13NO2/c1-14-9-10(7-8-13(15)16-2)11-5-3-4-6-12(11)14/h3-9H,1-2H3/b8-7+. The van der Waals surface area contributed by atoms with Gasteiger partial charge in [-0.2, -0.15) is 0 Å². The average Bonchev–Trinajstić information content (AvgIpc) is 2.64. The number of carbonyl (C=O) groups is 1. The Balaban J connectivity index is 2.46. The Morgan fingerprint density at radius 3 is 2.88 bits per heavy atom. The molecule has 0 saturated heterocycles. The second-order valence-corrected chi connectivity index (χ2v) is 3.57. The molecule has 0 radical (unpaired) electrons. The monoisotopic (exact) mass is 215 g/mol. The molecular formula is C13H13NO2. The van der Waals surface area contributed by atoms with Gasteiger partial charge in [0.15, 0.2) is 0 Å². The lowest BCUT2D eigenvalue weighted by molar-refractivity contribution is -0.134. The number of carbonyl (C=O) groups excluding carboxylic acids is 1. The second-order valence-electron chi connectivity index (χ2n) is 3.57. The number of rotatable bonds is 2. The van der Waals surface area contributed by atoms with Crippen molar-refractivity contribution in [1.29, 1.82) is 0 Å². The number of benzene rings is 1. The van der Waals surface area contributed by atoms with Gasteiger partial charge in [-0.05, 0) is 12.1 Å². The highest BCUT2D eigenvalue weighted by atomic mass is 16.5. The van der Waals surface area contributed by atoms with Crippen LogP contribution >= 0.6 is 0 Å². The van der Waals surface area contributed by atoms with E-state index in [0.717, 1.165) is 16.5 Å². The molecule has 1 heterocycles. The number of nitrogens with zero attached hydrogens (tertiary/aromatic N) is 1. The molecule has 0 saturated carbocycles. The van der Waals surface area contributed by atoms with Crippen molar-refractivity contribution in [2.24, 2.45) is 7.05 Å². The van der Waals surface area contributed by atoms with Crippen LogP contribution in [0.15, 0.2) is 36.5 Å². The summed E-state index contributed by atoms with van der Waals surface area (Å²) in [4.78, 5) is 11.0. The average molecular weight is 215 g/mol. The number of para-hydroxylation sites is 1. The molecule has 16 heavy (non-hydrogen) atoms. The Kier molecular flexibility index (Phi) is 2.77. The lowest BCUT2D eigenvalue weighted by atomic mass is 10.1. The van der Waals surface area contributed by atoms with Crippen LogP contribution in [-0.2, 0) is 16.6 Å². The number of ether oxygens (including phenoxy) is 1. The molecule has 2 aromatic rings. The first-order chi connectivity index (χ1) is 7.72. The van der Waals surface area contributed by atoms with Crippen LogP contribution in [0, 0.1) is 0 Å². The molecule has 0 aliphatic heterocycles. The van der Waals surface area contributed by atoms with Crippen LogP contribution in [0.3, 0.4) is 0 Å². The van der Waals surface area contributed by atoms with Crippen LogP contribution in [0.4, 0.5) is 0 Å². The molecule has 0 amide bonds. The Morgan fingerprint density at radius 2 is 2.12 bits per heavy atom.